The largest absolute Gasteiger partial charge is 0.451 e. The molecule has 0 aromatic carbocycles. The molecule has 0 aliphatic rings. The molecule has 0 aliphatic carbocycles. The molecule has 0 saturated heterocycles. The molecule has 0 fully saturated rings. The third-order valence-corrected chi connectivity index (χ3v) is 2.55. The fraction of sp³-hybridized carbons (Fsp3) is 0.222. The second kappa shape index (κ2) is 4.48. The van der Waals surface area contributed by atoms with Crippen molar-refractivity contribution in [2.24, 2.45) is 0 Å². The van der Waals surface area contributed by atoms with E-state index in [1.165, 1.54) is 12.3 Å². The zero-order chi connectivity index (χ0) is 13.3. The van der Waals surface area contributed by atoms with Crippen LogP contribution < -0.4 is 5.73 Å². The molecule has 2 N–H and O–H groups in total. The first-order valence-electron chi connectivity index (χ1n) is 4.66. The molecule has 2 aromatic heterocycles. The van der Waals surface area contributed by atoms with Crippen molar-refractivity contribution in [2.75, 3.05) is 5.73 Å². The number of nitrogen functional groups attached to an aromatic ring is 1. The van der Waals surface area contributed by atoms with Gasteiger partial charge in [0.05, 0.1) is 5.69 Å². The van der Waals surface area contributed by atoms with Crippen molar-refractivity contribution < 1.29 is 17.6 Å². The molecule has 2 rings (SSSR count). The maximum atomic E-state index is 12.5. The van der Waals surface area contributed by atoms with Crippen LogP contribution >= 0.6 is 11.8 Å². The average molecular weight is 276 g/mol. The highest BCUT2D eigenvalue weighted by atomic mass is 32.2. The van der Waals surface area contributed by atoms with E-state index < -0.39 is 12.0 Å². The van der Waals surface area contributed by atoms with Gasteiger partial charge in [0, 0.05) is 6.07 Å². The summed E-state index contributed by atoms with van der Waals surface area (Å²) in [5, 5.41) is 0.218. The normalized spacial score (nSPS) is 11.8. The zero-order valence-electron chi connectivity index (χ0n) is 9.02. The molecular formula is C9H7F3N4OS. The summed E-state index contributed by atoms with van der Waals surface area (Å²) in [6, 6.07) is 1.22. The van der Waals surface area contributed by atoms with Crippen LogP contribution in [0.4, 0.5) is 19.0 Å². The molecule has 0 aliphatic heterocycles. The Morgan fingerprint density at radius 3 is 2.56 bits per heavy atom. The van der Waals surface area contributed by atoms with E-state index in [1.807, 2.05) is 0 Å². The number of alkyl halides is 3. The van der Waals surface area contributed by atoms with E-state index in [0.29, 0.717) is 5.69 Å². The summed E-state index contributed by atoms with van der Waals surface area (Å²) in [7, 11) is 0. The van der Waals surface area contributed by atoms with Crippen LogP contribution in [-0.2, 0) is 6.18 Å². The van der Waals surface area contributed by atoms with Crippen molar-refractivity contribution in [2.45, 2.75) is 23.3 Å². The van der Waals surface area contributed by atoms with Crippen molar-refractivity contribution in [1.82, 2.24) is 15.0 Å². The van der Waals surface area contributed by atoms with Crippen LogP contribution in [0.2, 0.25) is 0 Å². The van der Waals surface area contributed by atoms with Crippen LogP contribution in [-0.4, -0.2) is 15.0 Å². The van der Waals surface area contributed by atoms with Crippen LogP contribution in [0.1, 0.15) is 11.5 Å². The maximum Gasteiger partial charge on any atom is 0.451 e. The quantitative estimate of drug-likeness (QED) is 0.849. The molecule has 2 heterocycles. The molecule has 0 unspecified atom stereocenters. The van der Waals surface area contributed by atoms with Crippen molar-refractivity contribution in [3.63, 3.8) is 0 Å². The van der Waals surface area contributed by atoms with E-state index in [4.69, 9.17) is 10.2 Å². The Hall–Kier alpha value is -1.77. The highest BCUT2D eigenvalue weighted by Crippen LogP contribution is 2.31. The van der Waals surface area contributed by atoms with Gasteiger partial charge in [-0.3, -0.25) is 0 Å². The third-order valence-electron chi connectivity index (χ3n) is 1.77. The lowest BCUT2D eigenvalue weighted by atomic mass is 10.5. The van der Waals surface area contributed by atoms with Crippen LogP contribution in [0.25, 0.3) is 0 Å². The lowest BCUT2D eigenvalue weighted by Crippen LogP contribution is -2.12. The van der Waals surface area contributed by atoms with Gasteiger partial charge in [0.1, 0.15) is 17.1 Å². The lowest BCUT2D eigenvalue weighted by Gasteiger charge is -2.06. The lowest BCUT2D eigenvalue weighted by molar-refractivity contribution is -0.145. The Balaban J connectivity index is 2.31. The van der Waals surface area contributed by atoms with E-state index in [9.17, 15) is 13.2 Å². The minimum atomic E-state index is -4.64. The standard InChI is InChI=1S/C9H7F3N4OS/c1-4-3-17-8(14-4)18-6-2-5(13)15-7(16-6)9(10,11)12/h2-3H,1H3,(H2,13,15,16). The molecule has 5 nitrogen and oxygen atoms in total. The Bertz CT molecular complexity index is 569. The molecule has 2 aromatic rings. The molecule has 0 amide bonds. The third kappa shape index (κ3) is 2.92. The number of aromatic nitrogens is 3. The zero-order valence-corrected chi connectivity index (χ0v) is 9.84. The molecule has 18 heavy (non-hydrogen) atoms. The summed E-state index contributed by atoms with van der Waals surface area (Å²) < 4.78 is 42.4. The van der Waals surface area contributed by atoms with Crippen molar-refractivity contribution >= 4 is 17.6 Å². The van der Waals surface area contributed by atoms with Gasteiger partial charge in [-0.15, -0.1) is 0 Å². The average Bonchev–Trinajstić information content (AvgIpc) is 2.61. The number of hydrogen-bond donors (Lipinski definition) is 1. The van der Waals surface area contributed by atoms with Crippen LogP contribution in [0.15, 0.2) is 27.0 Å². The van der Waals surface area contributed by atoms with Gasteiger partial charge >= 0.3 is 6.18 Å². The first-order valence-corrected chi connectivity index (χ1v) is 5.48. The molecule has 0 spiro atoms. The number of aryl methyl sites for hydroxylation is 1. The maximum absolute atomic E-state index is 12.5. The number of halogens is 3. The van der Waals surface area contributed by atoms with Gasteiger partial charge in [-0.1, -0.05) is 0 Å². The molecule has 96 valence electrons. The Labute approximate surface area is 104 Å². The van der Waals surface area contributed by atoms with Crippen LogP contribution in [0, 0.1) is 6.92 Å². The van der Waals surface area contributed by atoms with Gasteiger partial charge in [-0.05, 0) is 18.7 Å². The Morgan fingerprint density at radius 2 is 2.00 bits per heavy atom. The van der Waals surface area contributed by atoms with Gasteiger partial charge < -0.3 is 10.2 Å². The predicted molar refractivity (Wildman–Crippen MR) is 56.8 cm³/mol. The first-order chi connectivity index (χ1) is 8.34. The van der Waals surface area contributed by atoms with E-state index in [0.717, 1.165) is 11.8 Å². The fourth-order valence-electron chi connectivity index (χ4n) is 1.09. The smallest absolute Gasteiger partial charge is 0.439 e. The summed E-state index contributed by atoms with van der Waals surface area (Å²) in [5.74, 6) is -1.55. The molecule has 0 radical (unpaired) electrons. The fourth-order valence-corrected chi connectivity index (χ4v) is 1.87. The number of nitrogens with zero attached hydrogens (tertiary/aromatic N) is 3. The monoisotopic (exact) mass is 276 g/mol. The second-order valence-electron chi connectivity index (χ2n) is 3.31. The summed E-state index contributed by atoms with van der Waals surface area (Å²) in [5.41, 5.74) is 5.92. The Morgan fingerprint density at radius 1 is 1.28 bits per heavy atom. The topological polar surface area (TPSA) is 77.8 Å². The van der Waals surface area contributed by atoms with Crippen LogP contribution in [0.5, 0.6) is 0 Å². The number of rotatable bonds is 2. The van der Waals surface area contributed by atoms with E-state index >= 15 is 0 Å². The van der Waals surface area contributed by atoms with E-state index in [2.05, 4.69) is 15.0 Å². The van der Waals surface area contributed by atoms with Gasteiger partial charge in [0.25, 0.3) is 5.22 Å². The van der Waals surface area contributed by atoms with Crippen molar-refractivity contribution in [3.05, 3.63) is 23.8 Å². The minimum absolute atomic E-state index is 0.0247. The van der Waals surface area contributed by atoms with Crippen molar-refractivity contribution in [1.29, 1.82) is 0 Å². The molecule has 9 heteroatoms. The summed E-state index contributed by atoms with van der Waals surface area (Å²) in [6.45, 7) is 1.70. The van der Waals surface area contributed by atoms with Gasteiger partial charge in [-0.25, -0.2) is 15.0 Å². The number of anilines is 1. The van der Waals surface area contributed by atoms with E-state index in [1.54, 1.807) is 6.92 Å². The van der Waals surface area contributed by atoms with E-state index in [-0.39, 0.29) is 16.1 Å². The van der Waals surface area contributed by atoms with Gasteiger partial charge in [0.15, 0.2) is 0 Å². The predicted octanol–water partition coefficient (Wildman–Crippen LogP) is 2.53. The number of nitrogens with two attached hydrogens (primary N) is 1. The minimum Gasteiger partial charge on any atom is -0.439 e. The van der Waals surface area contributed by atoms with Gasteiger partial charge in [0.2, 0.25) is 5.82 Å². The number of hydrogen-bond acceptors (Lipinski definition) is 6. The molecule has 0 atom stereocenters. The highest BCUT2D eigenvalue weighted by molar-refractivity contribution is 7.99. The molecule has 0 bridgehead atoms. The summed E-state index contributed by atoms with van der Waals surface area (Å²) >= 11 is 0.844. The summed E-state index contributed by atoms with van der Waals surface area (Å²) in [4.78, 5) is 10.4. The first kappa shape index (κ1) is 12.7. The van der Waals surface area contributed by atoms with Crippen LogP contribution in [0.3, 0.4) is 0 Å². The highest BCUT2D eigenvalue weighted by Gasteiger charge is 2.35. The second-order valence-corrected chi connectivity index (χ2v) is 4.28. The van der Waals surface area contributed by atoms with Gasteiger partial charge in [-0.2, -0.15) is 13.2 Å². The SMILES string of the molecule is Cc1coc(Sc2cc(N)nc(C(F)(F)F)n2)n1. The van der Waals surface area contributed by atoms with Crippen molar-refractivity contribution in [3.8, 4) is 0 Å². The molecular weight excluding hydrogens is 269 g/mol. The molecule has 0 saturated carbocycles. The number of oxazole rings is 1. The summed E-state index contributed by atoms with van der Waals surface area (Å²) in [6.07, 6.45) is -3.26. The Kier molecular flexibility index (Phi) is 3.16.